The molecule has 104 heavy (non-hydrogen) atoms. The molecule has 4 aromatic rings. The number of ether oxygens (including phenoxy) is 6. The minimum absolute atomic E-state index is 0. The normalized spacial score (nSPS) is 19.4. The van der Waals surface area contributed by atoms with E-state index in [9.17, 15) is 65.9 Å². The standard InChI is InChI=1S/C68H88N4O14.2CHF3O3S.2Co/c1-65(2,3)49-33-45-29-41(61(49)77)37-69-53-17-13-14-18-54(53)70-38-42-30-46(34-50(62(42)78)66(4,5)6)85-59(75)23-27-82-28-24-60(76)86-48-32-44(64(80)52(36-48)68(10,11)12)40-72-56-20-16-15-19-55(56)71-39-43-31-47(35-51(63(43)79)67(7,8)9)84-58(74)22-26-81-25-21-57(73)83-45;2*2-1(3,4)8(5,6)7;;/h29-40,53-56,77-80H,13-28H2,1-12H3;2*(H,5,6,7);;/t53-,54-,55-,56-;;;;/m1..../s1. The van der Waals surface area contributed by atoms with Crippen molar-refractivity contribution in [1.29, 1.82) is 0 Å². The molecular formula is C70H90Co2F6N4O20S2. The van der Waals surface area contributed by atoms with Gasteiger partial charge in [-0.05, 0) is 95.9 Å². The van der Waals surface area contributed by atoms with Crippen molar-refractivity contribution < 1.29 is 154 Å². The van der Waals surface area contributed by atoms with Gasteiger partial charge in [0, 0.05) is 103 Å². The van der Waals surface area contributed by atoms with Crippen molar-refractivity contribution in [3.8, 4) is 46.0 Å². The third-order valence-electron chi connectivity index (χ3n) is 16.0. The zero-order valence-corrected chi connectivity index (χ0v) is 63.2. The van der Waals surface area contributed by atoms with Crippen LogP contribution in [0, 0.1) is 0 Å². The van der Waals surface area contributed by atoms with Crippen LogP contribution in [0.2, 0.25) is 0 Å². The molecule has 2 radical (unpaired) electrons. The Kier molecular flexibility index (Phi) is 33.3. The maximum atomic E-state index is 13.3. The van der Waals surface area contributed by atoms with E-state index in [4.69, 9.17) is 74.3 Å². The van der Waals surface area contributed by atoms with Crippen LogP contribution < -0.4 is 18.9 Å². The first-order valence-corrected chi connectivity index (χ1v) is 35.5. The molecule has 34 heteroatoms. The molecule has 1 aliphatic heterocycles. The van der Waals surface area contributed by atoms with Gasteiger partial charge in [-0.15, -0.1) is 0 Å². The molecule has 4 atom stereocenters. The van der Waals surface area contributed by atoms with E-state index in [1.165, 1.54) is 0 Å². The van der Waals surface area contributed by atoms with E-state index in [0.717, 1.165) is 25.7 Å². The van der Waals surface area contributed by atoms with Gasteiger partial charge in [-0.3, -0.25) is 48.3 Å². The van der Waals surface area contributed by atoms with Gasteiger partial charge in [0.2, 0.25) is 0 Å². The van der Waals surface area contributed by atoms with Crippen LogP contribution in [0.25, 0.3) is 0 Å². The molecule has 1 heterocycles. The number of alkyl halides is 6. The largest absolute Gasteiger partial charge is 0.522 e. The molecule has 2 fully saturated rings. The SMILES string of the molecule is CC(C)(C)c1cc2cc(c1O)C=N[C@@H]1CCCC[C@H]1N=Cc1cc(cc(C(C)(C)C)c1O)OC(=O)CCOCCC(=O)Oc1cc(c(O)c(C(C)(C)C)c1)C=N[C@@H]1CCCC[C@H]1N=Cc1cc(cc(C(C)(C)C)c1O)OC(=O)CCOCCC(=O)O2.O=S(=O)(O)C(F)(F)F.O=S(=O)(O)C(F)(F)F.[Co].[Co]. The maximum absolute atomic E-state index is 13.3. The number of rotatable bonds is 0. The minimum Gasteiger partial charge on any atom is -0.507 e. The average Bonchev–Trinajstić information content (AvgIpc) is 0.813. The van der Waals surface area contributed by atoms with Crippen molar-refractivity contribution in [2.24, 2.45) is 20.0 Å². The number of esters is 4. The Bertz CT molecular complexity index is 3550. The number of carbonyl (C=O) groups is 4. The molecule has 2 saturated carbocycles. The third kappa shape index (κ3) is 28.0. The van der Waals surface area contributed by atoms with Crippen LogP contribution >= 0.6 is 0 Å². The summed E-state index contributed by atoms with van der Waals surface area (Å²) in [4.78, 5) is 72.9. The first-order valence-electron chi connectivity index (χ1n) is 32.6. The summed E-state index contributed by atoms with van der Waals surface area (Å²) in [5.74, 6) is -1.51. The number of phenolic OH excluding ortho intramolecular Hbond substituents is 4. The predicted molar refractivity (Wildman–Crippen MR) is 368 cm³/mol. The second kappa shape index (κ2) is 38.0. The van der Waals surface area contributed by atoms with E-state index < -0.39 is 76.8 Å². The smallest absolute Gasteiger partial charge is 0.507 e. The molecule has 0 saturated heterocycles. The molecule has 0 spiro atoms. The van der Waals surface area contributed by atoms with Crippen LogP contribution in [0.5, 0.6) is 46.0 Å². The van der Waals surface area contributed by atoms with Gasteiger partial charge in [-0.2, -0.15) is 43.2 Å². The molecule has 0 aromatic heterocycles. The molecule has 2 aliphatic carbocycles. The molecule has 7 rings (SSSR count). The van der Waals surface area contributed by atoms with E-state index >= 15 is 0 Å². The summed E-state index contributed by atoms with van der Waals surface area (Å²) in [5, 5.41) is 46.3. The van der Waals surface area contributed by atoms with Gasteiger partial charge >= 0.3 is 55.1 Å². The van der Waals surface area contributed by atoms with Gasteiger partial charge in [0.05, 0.1) is 76.3 Å². The van der Waals surface area contributed by atoms with Crippen LogP contribution in [0.1, 0.15) is 205 Å². The average molecular weight is 1600 g/mol. The Balaban J connectivity index is 0.00000139. The van der Waals surface area contributed by atoms with Gasteiger partial charge in [-0.1, -0.05) is 109 Å². The number of carbonyl (C=O) groups excluding carboxylic acids is 4. The quantitative estimate of drug-likeness (QED) is 0.0313. The van der Waals surface area contributed by atoms with Crippen LogP contribution in [0.4, 0.5) is 26.3 Å². The number of benzene rings is 4. The van der Waals surface area contributed by atoms with Crippen molar-refractivity contribution in [2.75, 3.05) is 26.4 Å². The number of phenols is 4. The summed E-state index contributed by atoms with van der Waals surface area (Å²) >= 11 is 0. The fourth-order valence-corrected chi connectivity index (χ4v) is 10.6. The van der Waals surface area contributed by atoms with Gasteiger partial charge < -0.3 is 48.8 Å². The Morgan fingerprint density at radius 1 is 0.356 bits per heavy atom. The number of hydrogen-bond donors (Lipinski definition) is 6. The number of nitrogens with zero attached hydrogens (tertiary/aromatic N) is 4. The monoisotopic (exact) mass is 1600 g/mol. The first kappa shape index (κ1) is 91.2. The Labute approximate surface area is 621 Å². The second-order valence-electron chi connectivity index (χ2n) is 28.5. The van der Waals surface area contributed by atoms with Crippen LogP contribution in [0.15, 0.2) is 68.5 Å². The van der Waals surface area contributed by atoms with E-state index in [1.807, 2.05) is 83.1 Å². The molecule has 0 amide bonds. The number of aliphatic imine (C=N–C) groups is 4. The maximum Gasteiger partial charge on any atom is 0.522 e. The van der Waals surface area contributed by atoms with Gasteiger partial charge in [0.15, 0.2) is 0 Å². The van der Waals surface area contributed by atoms with Gasteiger partial charge in [0.25, 0.3) is 0 Å². The zero-order valence-electron chi connectivity index (χ0n) is 59.5. The van der Waals surface area contributed by atoms with E-state index in [-0.39, 0.29) is 156 Å². The fourth-order valence-electron chi connectivity index (χ4n) is 10.6. The summed E-state index contributed by atoms with van der Waals surface area (Å²) in [7, 11) is -11.7. The molecule has 6 N–H and O–H groups in total. The zero-order chi connectivity index (χ0) is 76.7. The molecule has 24 nitrogen and oxygen atoms in total. The minimum atomic E-state index is -5.84. The van der Waals surface area contributed by atoms with E-state index in [2.05, 4.69) is 0 Å². The summed E-state index contributed by atoms with van der Waals surface area (Å²) in [6, 6.07) is 11.6. The van der Waals surface area contributed by atoms with Gasteiger partial charge in [0.1, 0.15) is 46.0 Å². The van der Waals surface area contributed by atoms with Crippen molar-refractivity contribution >= 4 is 69.0 Å². The predicted octanol–water partition coefficient (Wildman–Crippen LogP) is 13.1. The Hall–Kier alpha value is -7.03. The molecular weight excluding hydrogens is 1510 g/mol. The molecule has 3 aliphatic rings. The number of halogens is 6. The van der Waals surface area contributed by atoms with Gasteiger partial charge in [-0.25, -0.2) is 0 Å². The van der Waals surface area contributed by atoms with Crippen molar-refractivity contribution in [1.82, 2.24) is 0 Å². The molecule has 582 valence electrons. The molecule has 8 bridgehead atoms. The van der Waals surface area contributed by atoms with Crippen molar-refractivity contribution in [2.45, 2.75) is 217 Å². The second-order valence-corrected chi connectivity index (χ2v) is 31.4. The number of hydrogen-bond acceptors (Lipinski definition) is 22. The van der Waals surface area contributed by atoms with Crippen LogP contribution in [0.3, 0.4) is 0 Å². The van der Waals surface area contributed by atoms with Crippen molar-refractivity contribution in [3.05, 3.63) is 93.0 Å². The molecule has 0 unspecified atom stereocenters. The van der Waals surface area contributed by atoms with E-state index in [0.29, 0.717) is 70.2 Å². The fraction of sp³-hybridized carbons (Fsp3) is 0.543. The number of aromatic hydroxyl groups is 4. The van der Waals surface area contributed by atoms with E-state index in [1.54, 1.807) is 73.4 Å². The molecule has 4 aromatic carbocycles. The summed E-state index contributed by atoms with van der Waals surface area (Å²) < 4.78 is 150. The summed E-state index contributed by atoms with van der Waals surface area (Å²) in [6.45, 7) is 23.1. The van der Waals surface area contributed by atoms with Crippen molar-refractivity contribution in [3.63, 3.8) is 0 Å². The Morgan fingerprint density at radius 2 is 0.529 bits per heavy atom. The Morgan fingerprint density at radius 3 is 0.683 bits per heavy atom. The topological polar surface area (TPSA) is 363 Å². The summed E-state index contributed by atoms with van der Waals surface area (Å²) in [6.07, 6.45) is 12.2. The first-order chi connectivity index (χ1) is 46.9. The van der Waals surface area contributed by atoms with Crippen LogP contribution in [-0.2, 0) is 104 Å². The third-order valence-corrected chi connectivity index (χ3v) is 17.2. The summed E-state index contributed by atoms with van der Waals surface area (Å²) in [5.41, 5.74) is -9.67. The number of fused-ring (bicyclic) bond motifs is 10. The van der Waals surface area contributed by atoms with Crippen LogP contribution in [-0.4, -0.2) is 157 Å².